The number of hydrogen-bond donors (Lipinski definition) is 8. The van der Waals surface area contributed by atoms with Crippen molar-refractivity contribution in [3.05, 3.63) is 71.8 Å². The van der Waals surface area contributed by atoms with Crippen molar-refractivity contribution in [3.8, 4) is 0 Å². The van der Waals surface area contributed by atoms with E-state index in [-0.39, 0.29) is 19.6 Å². The molecule has 0 aliphatic carbocycles. The number of aliphatic hydroxyl groups is 1. The Hall–Kier alpha value is -4.61. The van der Waals surface area contributed by atoms with Gasteiger partial charge in [0.2, 0.25) is 5.91 Å². The van der Waals surface area contributed by atoms with Gasteiger partial charge in [-0.3, -0.25) is 10.2 Å². The molecule has 2 unspecified atom stereocenters. The summed E-state index contributed by atoms with van der Waals surface area (Å²) in [5, 5.41) is 30.6. The van der Waals surface area contributed by atoms with Crippen LogP contribution in [0.4, 0.5) is 9.59 Å². The van der Waals surface area contributed by atoms with Crippen LogP contribution in [-0.2, 0) is 35.0 Å². The number of carbonyl (C=O) groups is 5. The summed E-state index contributed by atoms with van der Waals surface area (Å²) in [4.78, 5) is 60.2. The number of nitrogens with one attached hydrogen (secondary N) is 6. The average Bonchev–Trinajstić information content (AvgIpc) is 3.05. The maximum atomic E-state index is 12.9. The van der Waals surface area contributed by atoms with E-state index < -0.39 is 72.9 Å². The highest BCUT2D eigenvalue weighted by Gasteiger charge is 2.50. The molecule has 8 N–H and O–H groups in total. The number of ether oxygens (including phenoxy) is 3. The van der Waals surface area contributed by atoms with E-state index >= 15 is 0 Å². The van der Waals surface area contributed by atoms with Crippen molar-refractivity contribution < 1.29 is 48.4 Å². The number of hydrazine groups is 1. The van der Waals surface area contributed by atoms with Crippen LogP contribution in [0.1, 0.15) is 30.8 Å². The number of rotatable bonds is 13. The topological polar surface area (TPSA) is 226 Å². The van der Waals surface area contributed by atoms with E-state index in [0.717, 1.165) is 11.1 Å². The Morgan fingerprint density at radius 1 is 0.978 bits per heavy atom. The van der Waals surface area contributed by atoms with E-state index in [1.54, 1.807) is 12.1 Å². The van der Waals surface area contributed by atoms with Crippen LogP contribution >= 0.6 is 0 Å². The first-order valence-electron chi connectivity index (χ1n) is 14.7. The molecule has 2 saturated heterocycles. The molecular weight excluding hydrogens is 604 g/mol. The number of carbonyl (C=O) groups excluding carboxylic acids is 4. The van der Waals surface area contributed by atoms with Crippen molar-refractivity contribution in [1.82, 2.24) is 32.1 Å². The van der Waals surface area contributed by atoms with Crippen LogP contribution in [0, 0.1) is 0 Å². The van der Waals surface area contributed by atoms with Crippen molar-refractivity contribution >= 4 is 30.2 Å². The zero-order chi connectivity index (χ0) is 33.1. The lowest BCUT2D eigenvalue weighted by molar-refractivity contribution is -0.316. The van der Waals surface area contributed by atoms with E-state index in [1.807, 2.05) is 48.5 Å². The van der Waals surface area contributed by atoms with Gasteiger partial charge in [-0.05, 0) is 18.4 Å². The minimum absolute atomic E-state index is 0.00801. The highest BCUT2D eigenvalue weighted by molar-refractivity contribution is 5.83. The average molecular weight is 643 g/mol. The summed E-state index contributed by atoms with van der Waals surface area (Å²) in [6.45, 7) is 1.09. The Bertz CT molecular complexity index is 1340. The molecule has 0 spiro atoms. The third-order valence-corrected chi connectivity index (χ3v) is 7.28. The highest BCUT2D eigenvalue weighted by Crippen LogP contribution is 2.33. The fourth-order valence-electron chi connectivity index (χ4n) is 5.04. The first kappa shape index (κ1) is 34.3. The van der Waals surface area contributed by atoms with Crippen LogP contribution in [0.25, 0.3) is 0 Å². The second-order valence-electron chi connectivity index (χ2n) is 10.7. The fourth-order valence-corrected chi connectivity index (χ4v) is 5.04. The number of aldehydes is 1. The molecule has 0 saturated carbocycles. The number of hydrogen-bond acceptors (Lipinski definition) is 10. The van der Waals surface area contributed by atoms with Crippen LogP contribution in [0.15, 0.2) is 60.7 Å². The Morgan fingerprint density at radius 3 is 2.33 bits per heavy atom. The lowest BCUT2D eigenvalue weighted by Crippen LogP contribution is -2.70. The monoisotopic (exact) mass is 642 g/mol. The second-order valence-corrected chi connectivity index (χ2v) is 10.7. The van der Waals surface area contributed by atoms with Crippen LogP contribution in [-0.4, -0.2) is 96.3 Å². The predicted octanol–water partition coefficient (Wildman–Crippen LogP) is -0.552. The van der Waals surface area contributed by atoms with Crippen molar-refractivity contribution in [2.45, 2.75) is 68.7 Å². The smallest absolute Gasteiger partial charge is 0.329 e. The molecule has 8 atom stereocenters. The van der Waals surface area contributed by atoms with E-state index in [2.05, 4.69) is 32.1 Å². The number of aliphatic hydroxyl groups excluding tert-OH is 1. The minimum Gasteiger partial charge on any atom is -0.480 e. The van der Waals surface area contributed by atoms with Gasteiger partial charge in [0, 0.05) is 19.0 Å². The van der Waals surface area contributed by atoms with Crippen molar-refractivity contribution in [2.24, 2.45) is 0 Å². The number of fused-ring (bicyclic) bond motifs is 1. The van der Waals surface area contributed by atoms with Crippen LogP contribution < -0.4 is 32.1 Å². The maximum Gasteiger partial charge on any atom is 0.329 e. The van der Waals surface area contributed by atoms with Gasteiger partial charge in [-0.2, -0.15) is 0 Å². The second kappa shape index (κ2) is 16.6. The molecule has 248 valence electrons. The summed E-state index contributed by atoms with van der Waals surface area (Å²) in [5.74, 6) is -1.88. The molecule has 5 amide bonds. The molecule has 2 aromatic carbocycles. The van der Waals surface area contributed by atoms with Gasteiger partial charge in [0.05, 0.1) is 12.6 Å². The molecule has 2 fully saturated rings. The SMILES string of the molecule is CC(=O)N[C@H]1C(NC(=O)N[C@@H](CCNC(=O)NN[C@@H](C=O)Cc2ccccc2)C(=O)O)O[C@@H]2COC(c3ccccc3)O[C@H]2[C@@H]1O. The number of amides is 5. The largest absolute Gasteiger partial charge is 0.480 e. The molecule has 2 aromatic rings. The van der Waals surface area contributed by atoms with Gasteiger partial charge in [0.15, 0.2) is 12.5 Å². The molecule has 0 aromatic heterocycles. The summed E-state index contributed by atoms with van der Waals surface area (Å²) in [6, 6.07) is 13.3. The third-order valence-electron chi connectivity index (χ3n) is 7.28. The first-order valence-corrected chi connectivity index (χ1v) is 14.7. The number of carboxylic acid groups (broad SMARTS) is 1. The Kier molecular flexibility index (Phi) is 12.4. The summed E-state index contributed by atoms with van der Waals surface area (Å²) in [5.41, 5.74) is 6.54. The number of benzene rings is 2. The normalized spacial score (nSPS) is 25.1. The Labute approximate surface area is 264 Å². The molecule has 2 heterocycles. The van der Waals surface area contributed by atoms with Gasteiger partial charge in [-0.1, -0.05) is 60.7 Å². The molecule has 0 radical (unpaired) electrons. The molecule has 0 bridgehead atoms. The molecule has 46 heavy (non-hydrogen) atoms. The van der Waals surface area contributed by atoms with E-state index in [9.17, 15) is 34.2 Å². The maximum absolute atomic E-state index is 12.9. The molecule has 4 rings (SSSR count). The number of carboxylic acids is 1. The first-order chi connectivity index (χ1) is 22.1. The van der Waals surface area contributed by atoms with Crippen molar-refractivity contribution in [2.75, 3.05) is 13.2 Å². The Balaban J connectivity index is 1.26. The summed E-state index contributed by atoms with van der Waals surface area (Å²) >= 11 is 0. The zero-order valence-electron chi connectivity index (χ0n) is 25.0. The fraction of sp³-hybridized carbons (Fsp3) is 0.433. The van der Waals surface area contributed by atoms with Gasteiger partial charge in [-0.15, -0.1) is 0 Å². The summed E-state index contributed by atoms with van der Waals surface area (Å²) < 4.78 is 17.7. The van der Waals surface area contributed by atoms with Gasteiger partial charge in [0.25, 0.3) is 0 Å². The summed E-state index contributed by atoms with van der Waals surface area (Å²) in [6.07, 6.45) is -4.31. The summed E-state index contributed by atoms with van der Waals surface area (Å²) in [7, 11) is 0. The quantitative estimate of drug-likeness (QED) is 0.102. The molecule has 16 nitrogen and oxygen atoms in total. The molecule has 16 heteroatoms. The third kappa shape index (κ3) is 9.69. The van der Waals surface area contributed by atoms with Gasteiger partial charge < -0.3 is 50.5 Å². The predicted molar refractivity (Wildman–Crippen MR) is 160 cm³/mol. The van der Waals surface area contributed by atoms with Crippen molar-refractivity contribution in [3.63, 3.8) is 0 Å². The standard InChI is InChI=1S/C30H38N6O10/c1-17(38)32-23-24(39)25-22(16-44-28(46-25)19-10-6-3-7-11-19)45-26(23)34-30(43)33-21(27(40)41)12-13-31-29(42)36-35-20(15-37)14-18-8-4-2-5-9-18/h2-11,15,20-26,28,35,39H,12-14,16H2,1H3,(H,32,38)(H,40,41)(H2,31,36,42)(H2,33,34,43)/t20-,21+,22-,23-,24-,25-,26?,28?/m1/s1. The number of urea groups is 2. The van der Waals surface area contributed by atoms with Crippen LogP contribution in [0.2, 0.25) is 0 Å². The van der Waals surface area contributed by atoms with E-state index in [0.29, 0.717) is 12.7 Å². The molecule has 2 aliphatic heterocycles. The molecule has 2 aliphatic rings. The molecular formula is C30H38N6O10. The minimum atomic E-state index is -1.43. The van der Waals surface area contributed by atoms with Crippen LogP contribution in [0.3, 0.4) is 0 Å². The van der Waals surface area contributed by atoms with Gasteiger partial charge >= 0.3 is 18.0 Å². The van der Waals surface area contributed by atoms with Crippen molar-refractivity contribution in [1.29, 1.82) is 0 Å². The Morgan fingerprint density at radius 2 is 1.67 bits per heavy atom. The highest BCUT2D eigenvalue weighted by atomic mass is 16.7. The van der Waals surface area contributed by atoms with E-state index in [4.69, 9.17) is 14.2 Å². The van der Waals surface area contributed by atoms with Gasteiger partial charge in [0.1, 0.15) is 36.7 Å². The number of aliphatic carboxylic acids is 1. The lowest BCUT2D eigenvalue weighted by Gasteiger charge is -2.48. The van der Waals surface area contributed by atoms with Gasteiger partial charge in [-0.25, -0.2) is 19.8 Å². The van der Waals surface area contributed by atoms with Crippen LogP contribution in [0.5, 0.6) is 0 Å². The lowest BCUT2D eigenvalue weighted by atomic mass is 9.94. The zero-order valence-corrected chi connectivity index (χ0v) is 25.0. The van der Waals surface area contributed by atoms with E-state index in [1.165, 1.54) is 6.92 Å².